The Kier molecular flexibility index (Phi) is 4.22. The van der Waals surface area contributed by atoms with E-state index in [0.29, 0.717) is 12.1 Å². The maximum atomic E-state index is 14.1. The Morgan fingerprint density at radius 3 is 2.48 bits per heavy atom. The third kappa shape index (κ3) is 3.60. The zero-order valence-electron chi connectivity index (χ0n) is 12.1. The van der Waals surface area contributed by atoms with Gasteiger partial charge in [-0.2, -0.15) is 0 Å². The smallest absolute Gasteiger partial charge is 0.338 e. The van der Waals surface area contributed by atoms with Crippen molar-refractivity contribution >= 4 is 5.97 Å². The molecule has 1 aromatic carbocycles. The SMILES string of the molecule is O=C(O)c1cccc(CN2CCN(CC3CC3)CC2)c1F. The van der Waals surface area contributed by atoms with E-state index in [1.54, 1.807) is 12.1 Å². The standard InChI is InChI=1S/C16H21FN2O2/c17-15-13(2-1-3-14(15)16(20)21)11-19-8-6-18(7-9-19)10-12-4-5-12/h1-3,12H,4-11H2,(H,20,21). The van der Waals surface area contributed by atoms with Gasteiger partial charge in [0, 0.05) is 44.8 Å². The fraction of sp³-hybridized carbons (Fsp3) is 0.562. The summed E-state index contributed by atoms with van der Waals surface area (Å²) in [6, 6.07) is 4.61. The van der Waals surface area contributed by atoms with Gasteiger partial charge < -0.3 is 10.0 Å². The van der Waals surface area contributed by atoms with Crippen LogP contribution in [0.15, 0.2) is 18.2 Å². The van der Waals surface area contributed by atoms with E-state index in [-0.39, 0.29) is 5.56 Å². The van der Waals surface area contributed by atoms with Crippen molar-refractivity contribution in [3.63, 3.8) is 0 Å². The van der Waals surface area contributed by atoms with Crippen LogP contribution in [0.2, 0.25) is 0 Å². The lowest BCUT2D eigenvalue weighted by molar-refractivity contribution is 0.0691. The van der Waals surface area contributed by atoms with Crippen LogP contribution < -0.4 is 0 Å². The van der Waals surface area contributed by atoms with Gasteiger partial charge in [0.2, 0.25) is 0 Å². The second kappa shape index (κ2) is 6.12. The van der Waals surface area contributed by atoms with E-state index in [2.05, 4.69) is 9.80 Å². The third-order valence-electron chi connectivity index (χ3n) is 4.38. The molecule has 1 heterocycles. The van der Waals surface area contributed by atoms with E-state index in [0.717, 1.165) is 32.1 Å². The first-order valence-corrected chi connectivity index (χ1v) is 7.59. The predicted molar refractivity (Wildman–Crippen MR) is 77.8 cm³/mol. The number of carboxylic acid groups (broad SMARTS) is 1. The number of aromatic carboxylic acids is 1. The summed E-state index contributed by atoms with van der Waals surface area (Å²) in [6.45, 7) is 5.58. The van der Waals surface area contributed by atoms with Crippen molar-refractivity contribution in [2.45, 2.75) is 19.4 Å². The molecule has 0 radical (unpaired) electrons. The molecule has 3 rings (SSSR count). The van der Waals surface area contributed by atoms with Gasteiger partial charge in [-0.3, -0.25) is 4.90 Å². The largest absolute Gasteiger partial charge is 0.478 e. The number of rotatable bonds is 5. The molecule has 1 N–H and O–H groups in total. The minimum atomic E-state index is -1.20. The fourth-order valence-electron chi connectivity index (χ4n) is 2.90. The van der Waals surface area contributed by atoms with E-state index < -0.39 is 11.8 Å². The number of carbonyl (C=O) groups is 1. The average molecular weight is 292 g/mol. The molecule has 2 aliphatic rings. The van der Waals surface area contributed by atoms with E-state index in [9.17, 15) is 9.18 Å². The Morgan fingerprint density at radius 2 is 1.86 bits per heavy atom. The van der Waals surface area contributed by atoms with Gasteiger partial charge in [-0.1, -0.05) is 12.1 Å². The summed E-state index contributed by atoms with van der Waals surface area (Å²) in [5.41, 5.74) is 0.241. The number of benzene rings is 1. The summed E-state index contributed by atoms with van der Waals surface area (Å²) in [7, 11) is 0. The van der Waals surface area contributed by atoms with Gasteiger partial charge in [-0.05, 0) is 24.8 Å². The summed E-state index contributed by atoms with van der Waals surface area (Å²) in [5.74, 6) is -0.893. The number of hydrogen-bond acceptors (Lipinski definition) is 3. The maximum Gasteiger partial charge on any atom is 0.338 e. The minimum absolute atomic E-state index is 0.236. The highest BCUT2D eigenvalue weighted by Gasteiger charge is 2.26. The van der Waals surface area contributed by atoms with Crippen molar-refractivity contribution in [2.24, 2.45) is 5.92 Å². The van der Waals surface area contributed by atoms with Gasteiger partial charge in [0.05, 0.1) is 5.56 Å². The number of hydrogen-bond donors (Lipinski definition) is 1. The van der Waals surface area contributed by atoms with Crippen LogP contribution >= 0.6 is 0 Å². The van der Waals surface area contributed by atoms with Crippen LogP contribution in [0.25, 0.3) is 0 Å². The summed E-state index contributed by atoms with van der Waals surface area (Å²) in [4.78, 5) is 15.6. The number of halogens is 1. The van der Waals surface area contributed by atoms with Gasteiger partial charge in [0.1, 0.15) is 5.82 Å². The second-order valence-electron chi connectivity index (χ2n) is 6.10. The Morgan fingerprint density at radius 1 is 1.19 bits per heavy atom. The summed E-state index contributed by atoms with van der Waals surface area (Å²) in [6.07, 6.45) is 2.74. The first-order chi connectivity index (χ1) is 10.1. The molecule has 21 heavy (non-hydrogen) atoms. The Bertz CT molecular complexity index is 523. The summed E-state index contributed by atoms with van der Waals surface area (Å²) in [5, 5.41) is 8.96. The monoisotopic (exact) mass is 292 g/mol. The molecule has 5 heteroatoms. The van der Waals surface area contributed by atoms with E-state index in [1.165, 1.54) is 25.5 Å². The normalized spacial score (nSPS) is 20.6. The molecule has 0 bridgehead atoms. The molecule has 114 valence electrons. The second-order valence-corrected chi connectivity index (χ2v) is 6.10. The topological polar surface area (TPSA) is 43.8 Å². The van der Waals surface area contributed by atoms with Crippen molar-refractivity contribution < 1.29 is 14.3 Å². The highest BCUT2D eigenvalue weighted by atomic mass is 19.1. The quantitative estimate of drug-likeness (QED) is 0.902. The van der Waals surface area contributed by atoms with Crippen LogP contribution in [0.5, 0.6) is 0 Å². The van der Waals surface area contributed by atoms with Gasteiger partial charge in [0.25, 0.3) is 0 Å². The van der Waals surface area contributed by atoms with E-state index in [4.69, 9.17) is 5.11 Å². The van der Waals surface area contributed by atoms with Gasteiger partial charge in [0.15, 0.2) is 0 Å². The Balaban J connectivity index is 1.57. The molecule has 1 aromatic rings. The first kappa shape index (κ1) is 14.5. The van der Waals surface area contributed by atoms with Crippen LogP contribution in [0, 0.1) is 11.7 Å². The fourth-order valence-corrected chi connectivity index (χ4v) is 2.90. The molecule has 0 unspecified atom stereocenters. The summed E-state index contributed by atoms with van der Waals surface area (Å²) >= 11 is 0. The van der Waals surface area contributed by atoms with Gasteiger partial charge in [-0.25, -0.2) is 9.18 Å². The number of piperazine rings is 1. The van der Waals surface area contributed by atoms with Crippen molar-refractivity contribution in [3.8, 4) is 0 Å². The molecule has 1 saturated heterocycles. The van der Waals surface area contributed by atoms with Crippen molar-refractivity contribution in [1.82, 2.24) is 9.80 Å². The molecule has 4 nitrogen and oxygen atoms in total. The highest BCUT2D eigenvalue weighted by molar-refractivity contribution is 5.88. The van der Waals surface area contributed by atoms with Crippen LogP contribution in [-0.4, -0.2) is 53.6 Å². The van der Waals surface area contributed by atoms with Crippen LogP contribution in [0.4, 0.5) is 4.39 Å². The Hall–Kier alpha value is -1.46. The zero-order valence-corrected chi connectivity index (χ0v) is 12.1. The van der Waals surface area contributed by atoms with Crippen LogP contribution in [-0.2, 0) is 6.54 Å². The molecule has 0 aromatic heterocycles. The molecule has 2 fully saturated rings. The lowest BCUT2D eigenvalue weighted by Gasteiger charge is -2.34. The van der Waals surface area contributed by atoms with Gasteiger partial charge in [-0.15, -0.1) is 0 Å². The summed E-state index contributed by atoms with van der Waals surface area (Å²) < 4.78 is 14.1. The Labute approximate surface area is 124 Å². The first-order valence-electron chi connectivity index (χ1n) is 7.59. The number of carboxylic acids is 1. The molecule has 0 amide bonds. The molecular formula is C16H21FN2O2. The molecule has 0 spiro atoms. The molecule has 0 atom stereocenters. The van der Waals surface area contributed by atoms with Crippen molar-refractivity contribution in [2.75, 3.05) is 32.7 Å². The lowest BCUT2D eigenvalue weighted by Crippen LogP contribution is -2.46. The van der Waals surface area contributed by atoms with E-state index in [1.807, 2.05) is 0 Å². The van der Waals surface area contributed by atoms with Crippen molar-refractivity contribution in [3.05, 3.63) is 35.1 Å². The van der Waals surface area contributed by atoms with E-state index >= 15 is 0 Å². The average Bonchev–Trinajstić information content (AvgIpc) is 3.27. The number of nitrogens with zero attached hydrogens (tertiary/aromatic N) is 2. The minimum Gasteiger partial charge on any atom is -0.478 e. The van der Waals surface area contributed by atoms with Crippen LogP contribution in [0.1, 0.15) is 28.8 Å². The van der Waals surface area contributed by atoms with Crippen molar-refractivity contribution in [1.29, 1.82) is 0 Å². The molecule has 1 aliphatic carbocycles. The lowest BCUT2D eigenvalue weighted by atomic mass is 10.1. The molecule has 1 aliphatic heterocycles. The highest BCUT2D eigenvalue weighted by Crippen LogP contribution is 2.30. The van der Waals surface area contributed by atoms with Crippen LogP contribution in [0.3, 0.4) is 0 Å². The maximum absolute atomic E-state index is 14.1. The van der Waals surface area contributed by atoms with Gasteiger partial charge >= 0.3 is 5.97 Å². The molecule has 1 saturated carbocycles. The zero-order chi connectivity index (χ0) is 14.8. The molecular weight excluding hydrogens is 271 g/mol. The third-order valence-corrected chi connectivity index (χ3v) is 4.38. The predicted octanol–water partition coefficient (Wildman–Crippen LogP) is 2.05.